The summed E-state index contributed by atoms with van der Waals surface area (Å²) < 4.78 is 10.8. The summed E-state index contributed by atoms with van der Waals surface area (Å²) in [6, 6.07) is 0.643. The molecule has 21 heavy (non-hydrogen) atoms. The molecule has 0 saturated carbocycles. The van der Waals surface area contributed by atoms with Crippen molar-refractivity contribution in [1.29, 1.82) is 0 Å². The molecule has 2 aliphatic rings. The number of ether oxygens (including phenoxy) is 2. The first kappa shape index (κ1) is 16.5. The number of nitrogens with zero attached hydrogens (tertiary/aromatic N) is 3. The van der Waals surface area contributed by atoms with E-state index in [-0.39, 0.29) is 0 Å². The zero-order valence-electron chi connectivity index (χ0n) is 13.5. The lowest BCUT2D eigenvalue weighted by atomic mass is 10.2. The van der Waals surface area contributed by atoms with Crippen molar-refractivity contribution in [2.45, 2.75) is 26.3 Å². The van der Waals surface area contributed by atoms with Gasteiger partial charge >= 0.3 is 0 Å². The molecule has 1 atom stereocenters. The Bertz CT molecular complexity index is 319. The van der Waals surface area contributed by atoms with Crippen LogP contribution in [0.2, 0.25) is 0 Å². The Hall–Kier alpha value is -0.850. The predicted octanol–water partition coefficient (Wildman–Crippen LogP) is 0.395. The van der Waals surface area contributed by atoms with E-state index in [9.17, 15) is 0 Å². The number of guanidine groups is 1. The zero-order chi connectivity index (χ0) is 14.9. The summed E-state index contributed by atoms with van der Waals surface area (Å²) in [4.78, 5) is 9.62. The van der Waals surface area contributed by atoms with Crippen LogP contribution < -0.4 is 5.32 Å². The highest BCUT2D eigenvalue weighted by atomic mass is 16.5. The Labute approximate surface area is 128 Å². The molecule has 0 aliphatic carbocycles. The van der Waals surface area contributed by atoms with Crippen molar-refractivity contribution in [3.05, 3.63) is 0 Å². The summed E-state index contributed by atoms with van der Waals surface area (Å²) in [5.74, 6) is 1.04. The molecule has 2 rings (SSSR count). The first-order valence-corrected chi connectivity index (χ1v) is 8.28. The molecule has 0 aromatic heterocycles. The molecule has 0 aromatic carbocycles. The van der Waals surface area contributed by atoms with Gasteiger partial charge in [-0.3, -0.25) is 9.89 Å². The smallest absolute Gasteiger partial charge is 0.194 e. The van der Waals surface area contributed by atoms with Crippen molar-refractivity contribution in [2.24, 2.45) is 4.99 Å². The van der Waals surface area contributed by atoms with Crippen LogP contribution in [-0.2, 0) is 9.47 Å². The van der Waals surface area contributed by atoms with Gasteiger partial charge < -0.3 is 19.7 Å². The van der Waals surface area contributed by atoms with Gasteiger partial charge in [-0.2, -0.15) is 0 Å². The van der Waals surface area contributed by atoms with Gasteiger partial charge in [0.15, 0.2) is 5.96 Å². The molecule has 122 valence electrons. The summed E-state index contributed by atoms with van der Waals surface area (Å²) in [5.41, 5.74) is 0. The average Bonchev–Trinajstić information content (AvgIpc) is 3.01. The van der Waals surface area contributed by atoms with Crippen molar-refractivity contribution >= 4 is 5.96 Å². The molecule has 6 heteroatoms. The standard InChI is InChI=1S/C15H30N4O2/c1-3-16-15(17-6-10-20-4-2)19-7-5-14(13-19)18-8-11-21-12-9-18/h14H,3-13H2,1-2H3,(H,16,17). The van der Waals surface area contributed by atoms with Crippen molar-refractivity contribution in [1.82, 2.24) is 15.1 Å². The van der Waals surface area contributed by atoms with E-state index >= 15 is 0 Å². The van der Waals surface area contributed by atoms with E-state index in [1.165, 1.54) is 6.42 Å². The molecular formula is C15H30N4O2. The lowest BCUT2D eigenvalue weighted by molar-refractivity contribution is 0.0195. The highest BCUT2D eigenvalue weighted by molar-refractivity contribution is 5.80. The summed E-state index contributed by atoms with van der Waals surface area (Å²) >= 11 is 0. The topological polar surface area (TPSA) is 49.3 Å². The number of aliphatic imine (C=N–C) groups is 1. The van der Waals surface area contributed by atoms with E-state index in [1.807, 2.05) is 6.92 Å². The first-order valence-electron chi connectivity index (χ1n) is 8.28. The van der Waals surface area contributed by atoms with Crippen LogP contribution in [0.5, 0.6) is 0 Å². The lowest BCUT2D eigenvalue weighted by Gasteiger charge is -2.32. The molecule has 2 saturated heterocycles. The number of likely N-dealkylation sites (tertiary alicyclic amines) is 1. The highest BCUT2D eigenvalue weighted by Crippen LogP contribution is 2.17. The molecule has 2 aliphatic heterocycles. The third-order valence-corrected chi connectivity index (χ3v) is 4.06. The minimum absolute atomic E-state index is 0.643. The van der Waals surface area contributed by atoms with E-state index in [1.54, 1.807) is 0 Å². The van der Waals surface area contributed by atoms with Gasteiger partial charge in [0.05, 0.1) is 26.4 Å². The molecule has 2 heterocycles. The van der Waals surface area contributed by atoms with E-state index in [2.05, 4.69) is 27.0 Å². The molecule has 0 amide bonds. The number of morpholine rings is 1. The Kier molecular flexibility index (Phi) is 7.26. The summed E-state index contributed by atoms with van der Waals surface area (Å²) in [6.45, 7) is 13.3. The fraction of sp³-hybridized carbons (Fsp3) is 0.933. The first-order chi connectivity index (χ1) is 10.3. The van der Waals surface area contributed by atoms with E-state index in [4.69, 9.17) is 9.47 Å². The maximum absolute atomic E-state index is 5.44. The van der Waals surface area contributed by atoms with Gasteiger partial charge in [0.2, 0.25) is 0 Å². The van der Waals surface area contributed by atoms with Gasteiger partial charge in [-0.1, -0.05) is 0 Å². The third-order valence-electron chi connectivity index (χ3n) is 4.06. The summed E-state index contributed by atoms with van der Waals surface area (Å²) in [5, 5.41) is 3.40. The molecule has 2 fully saturated rings. The van der Waals surface area contributed by atoms with Crippen LogP contribution in [-0.4, -0.2) is 87.5 Å². The Morgan fingerprint density at radius 1 is 1.29 bits per heavy atom. The molecule has 6 nitrogen and oxygen atoms in total. The average molecular weight is 298 g/mol. The maximum Gasteiger partial charge on any atom is 0.194 e. The number of hydrogen-bond acceptors (Lipinski definition) is 4. The minimum atomic E-state index is 0.643. The minimum Gasteiger partial charge on any atom is -0.380 e. The molecule has 0 bridgehead atoms. The fourth-order valence-electron chi connectivity index (χ4n) is 2.96. The monoisotopic (exact) mass is 298 g/mol. The van der Waals surface area contributed by atoms with Crippen molar-refractivity contribution in [3.63, 3.8) is 0 Å². The molecule has 1 unspecified atom stereocenters. The van der Waals surface area contributed by atoms with E-state index < -0.39 is 0 Å². The SMILES string of the molecule is CCNC(=NCCOCC)N1CCC(N2CCOCC2)C1. The highest BCUT2D eigenvalue weighted by Gasteiger charge is 2.30. The quantitative estimate of drug-likeness (QED) is 0.437. The van der Waals surface area contributed by atoms with Crippen LogP contribution in [0.4, 0.5) is 0 Å². The van der Waals surface area contributed by atoms with Crippen LogP contribution in [0.3, 0.4) is 0 Å². The van der Waals surface area contributed by atoms with Gasteiger partial charge in [-0.05, 0) is 20.3 Å². The fourth-order valence-corrected chi connectivity index (χ4v) is 2.96. The molecule has 0 aromatic rings. The van der Waals surface area contributed by atoms with Crippen LogP contribution in [0.15, 0.2) is 4.99 Å². The van der Waals surface area contributed by atoms with Crippen LogP contribution >= 0.6 is 0 Å². The molecular weight excluding hydrogens is 268 g/mol. The molecule has 1 N–H and O–H groups in total. The van der Waals surface area contributed by atoms with Gasteiger partial charge in [-0.25, -0.2) is 0 Å². The van der Waals surface area contributed by atoms with Crippen molar-refractivity contribution in [3.8, 4) is 0 Å². The summed E-state index contributed by atoms with van der Waals surface area (Å²) in [6.07, 6.45) is 1.22. The van der Waals surface area contributed by atoms with Gasteiger partial charge in [0.1, 0.15) is 0 Å². The Morgan fingerprint density at radius 2 is 2.10 bits per heavy atom. The summed E-state index contributed by atoms with van der Waals surface area (Å²) in [7, 11) is 0. The second-order valence-corrected chi connectivity index (χ2v) is 5.47. The number of nitrogens with one attached hydrogen (secondary N) is 1. The molecule has 0 spiro atoms. The maximum atomic E-state index is 5.44. The van der Waals surface area contributed by atoms with Gasteiger partial charge in [0, 0.05) is 45.4 Å². The van der Waals surface area contributed by atoms with E-state index in [0.29, 0.717) is 12.6 Å². The zero-order valence-corrected chi connectivity index (χ0v) is 13.5. The van der Waals surface area contributed by atoms with Crippen LogP contribution in [0.1, 0.15) is 20.3 Å². The number of hydrogen-bond donors (Lipinski definition) is 1. The Morgan fingerprint density at radius 3 is 2.81 bits per heavy atom. The Balaban J connectivity index is 1.83. The molecule has 0 radical (unpaired) electrons. The predicted molar refractivity (Wildman–Crippen MR) is 84.8 cm³/mol. The van der Waals surface area contributed by atoms with Gasteiger partial charge in [-0.15, -0.1) is 0 Å². The second kappa shape index (κ2) is 9.23. The van der Waals surface area contributed by atoms with Crippen molar-refractivity contribution in [2.75, 3.05) is 65.7 Å². The van der Waals surface area contributed by atoms with Gasteiger partial charge in [0.25, 0.3) is 0 Å². The number of rotatable bonds is 6. The third kappa shape index (κ3) is 5.13. The van der Waals surface area contributed by atoms with Crippen LogP contribution in [0.25, 0.3) is 0 Å². The van der Waals surface area contributed by atoms with E-state index in [0.717, 1.165) is 65.0 Å². The second-order valence-electron chi connectivity index (χ2n) is 5.47. The van der Waals surface area contributed by atoms with Crippen molar-refractivity contribution < 1.29 is 9.47 Å². The van der Waals surface area contributed by atoms with Crippen LogP contribution in [0, 0.1) is 0 Å². The largest absolute Gasteiger partial charge is 0.380 e. The lowest BCUT2D eigenvalue weighted by Crippen LogP contribution is -2.46. The normalized spacial score (nSPS) is 24.6.